The van der Waals surface area contributed by atoms with Crippen molar-refractivity contribution in [2.75, 3.05) is 13.7 Å². The van der Waals surface area contributed by atoms with E-state index < -0.39 is 0 Å². The van der Waals surface area contributed by atoms with E-state index >= 15 is 0 Å². The van der Waals surface area contributed by atoms with E-state index in [-0.39, 0.29) is 12.1 Å². The summed E-state index contributed by atoms with van der Waals surface area (Å²) in [6.07, 6.45) is 3.39. The molecule has 1 saturated heterocycles. The fraction of sp³-hybridized carbons (Fsp3) is 0.269. The molecule has 0 radical (unpaired) electrons. The fourth-order valence-corrected chi connectivity index (χ4v) is 4.93. The lowest BCUT2D eigenvalue weighted by Gasteiger charge is -2.13. The molecule has 1 unspecified atom stereocenters. The largest absolute Gasteiger partial charge is 0.497 e. The lowest BCUT2D eigenvalue weighted by atomic mass is 10.2. The Morgan fingerprint density at radius 1 is 1.21 bits per heavy atom. The average Bonchev–Trinajstić information content (AvgIpc) is 3.60. The molecule has 0 saturated carbocycles. The van der Waals surface area contributed by atoms with E-state index in [0.29, 0.717) is 12.2 Å². The van der Waals surface area contributed by atoms with Gasteiger partial charge in [0, 0.05) is 40.8 Å². The maximum atomic E-state index is 13.2. The molecule has 0 spiro atoms. The molecule has 1 fully saturated rings. The third-order valence-corrected chi connectivity index (χ3v) is 6.86. The van der Waals surface area contributed by atoms with Crippen molar-refractivity contribution in [1.29, 1.82) is 0 Å². The number of aromatic nitrogens is 3. The van der Waals surface area contributed by atoms with Gasteiger partial charge in [-0.3, -0.25) is 9.78 Å². The highest BCUT2D eigenvalue weighted by molar-refractivity contribution is 7.13. The number of ether oxygens (including phenoxy) is 2. The van der Waals surface area contributed by atoms with Crippen molar-refractivity contribution in [3.05, 3.63) is 71.0 Å². The van der Waals surface area contributed by atoms with E-state index in [2.05, 4.69) is 14.9 Å². The van der Waals surface area contributed by atoms with Crippen LogP contribution in [0.4, 0.5) is 0 Å². The molecule has 8 heteroatoms. The minimum absolute atomic E-state index is 0.143. The number of nitrogens with zero attached hydrogens (tertiary/aromatic N) is 3. The number of carbonyl (C=O) groups is 1. The minimum atomic E-state index is -0.236. The third-order valence-electron chi connectivity index (χ3n) is 5.97. The molecule has 174 valence electrons. The maximum absolute atomic E-state index is 13.2. The Morgan fingerprint density at radius 2 is 2.03 bits per heavy atom. The van der Waals surface area contributed by atoms with Gasteiger partial charge in [-0.05, 0) is 69.2 Å². The Bertz CT molecular complexity index is 1300. The van der Waals surface area contributed by atoms with Crippen LogP contribution >= 0.6 is 11.3 Å². The van der Waals surface area contributed by atoms with Crippen molar-refractivity contribution < 1.29 is 14.3 Å². The Hall–Kier alpha value is -3.49. The summed E-state index contributed by atoms with van der Waals surface area (Å²) in [6, 6.07) is 13.7. The first kappa shape index (κ1) is 22.3. The van der Waals surface area contributed by atoms with Crippen LogP contribution in [0.15, 0.2) is 54.0 Å². The Labute approximate surface area is 202 Å². The summed E-state index contributed by atoms with van der Waals surface area (Å²) in [5.74, 6) is 0.630. The molecule has 1 N–H and O–H groups in total. The SMILES string of the molecule is COc1ccc(-n2c(-c3csc(-c4ccc(C)nc4)n3)cc(C(=O)NC3CCCO3)c2C)cc1. The zero-order valence-corrected chi connectivity index (χ0v) is 20.2. The van der Waals surface area contributed by atoms with Gasteiger partial charge >= 0.3 is 0 Å². The highest BCUT2D eigenvalue weighted by Crippen LogP contribution is 2.34. The predicted octanol–water partition coefficient (Wildman–Crippen LogP) is 5.15. The van der Waals surface area contributed by atoms with Gasteiger partial charge < -0.3 is 19.4 Å². The molecule has 4 heterocycles. The molecule has 34 heavy (non-hydrogen) atoms. The summed E-state index contributed by atoms with van der Waals surface area (Å²) >= 11 is 1.56. The summed E-state index contributed by atoms with van der Waals surface area (Å²) in [7, 11) is 1.64. The van der Waals surface area contributed by atoms with Crippen LogP contribution in [0.1, 0.15) is 34.6 Å². The molecular formula is C26H26N4O3S. The Kier molecular flexibility index (Phi) is 6.17. The van der Waals surface area contributed by atoms with Gasteiger partial charge in [-0.25, -0.2) is 4.98 Å². The monoisotopic (exact) mass is 474 g/mol. The first-order chi connectivity index (χ1) is 16.5. The van der Waals surface area contributed by atoms with Crippen molar-refractivity contribution in [2.24, 2.45) is 0 Å². The maximum Gasteiger partial charge on any atom is 0.255 e. The van der Waals surface area contributed by atoms with Crippen LogP contribution in [0.25, 0.3) is 27.6 Å². The zero-order valence-electron chi connectivity index (χ0n) is 19.4. The topological polar surface area (TPSA) is 78.3 Å². The molecule has 0 aliphatic carbocycles. The summed E-state index contributed by atoms with van der Waals surface area (Å²) in [6.45, 7) is 4.59. The fourth-order valence-electron chi connectivity index (χ4n) is 4.12. The van der Waals surface area contributed by atoms with E-state index in [4.69, 9.17) is 14.5 Å². The number of pyridine rings is 1. The van der Waals surface area contributed by atoms with Gasteiger partial charge in [0.2, 0.25) is 0 Å². The van der Waals surface area contributed by atoms with Crippen LogP contribution in [0.3, 0.4) is 0 Å². The number of carbonyl (C=O) groups excluding carboxylic acids is 1. The van der Waals surface area contributed by atoms with E-state index in [1.807, 2.05) is 67.9 Å². The number of hydrogen-bond acceptors (Lipinski definition) is 6. The first-order valence-corrected chi connectivity index (χ1v) is 12.1. The third kappa shape index (κ3) is 4.34. The number of thiazole rings is 1. The van der Waals surface area contributed by atoms with Crippen LogP contribution in [-0.2, 0) is 4.74 Å². The quantitative estimate of drug-likeness (QED) is 0.418. The van der Waals surface area contributed by atoms with Gasteiger partial charge in [0.15, 0.2) is 0 Å². The molecule has 1 aliphatic rings. The highest BCUT2D eigenvalue weighted by Gasteiger charge is 2.24. The van der Waals surface area contributed by atoms with E-state index in [9.17, 15) is 4.79 Å². The van der Waals surface area contributed by atoms with Gasteiger partial charge in [-0.1, -0.05) is 0 Å². The number of benzene rings is 1. The molecular weight excluding hydrogens is 448 g/mol. The van der Waals surface area contributed by atoms with Crippen LogP contribution in [-0.4, -0.2) is 40.4 Å². The van der Waals surface area contributed by atoms with Crippen molar-refractivity contribution >= 4 is 17.2 Å². The van der Waals surface area contributed by atoms with Gasteiger partial charge in [-0.2, -0.15) is 0 Å². The van der Waals surface area contributed by atoms with Crippen LogP contribution in [0, 0.1) is 13.8 Å². The lowest BCUT2D eigenvalue weighted by Crippen LogP contribution is -2.34. The van der Waals surface area contributed by atoms with Gasteiger partial charge in [0.1, 0.15) is 17.0 Å². The standard InChI is InChI=1S/C26H26N4O3S/c1-16-6-7-18(14-27-16)26-28-22(15-34-26)23-13-21(25(31)29-24-5-4-12-33-24)17(2)30(23)19-8-10-20(32-3)11-9-19/h6-11,13-15,24H,4-5,12H2,1-3H3,(H,29,31). The Balaban J connectivity index is 1.57. The molecule has 5 rings (SSSR count). The minimum Gasteiger partial charge on any atom is -0.497 e. The molecule has 1 atom stereocenters. The van der Waals surface area contributed by atoms with E-state index in [1.165, 1.54) is 0 Å². The molecule has 7 nitrogen and oxygen atoms in total. The summed E-state index contributed by atoms with van der Waals surface area (Å²) < 4.78 is 13.0. The van der Waals surface area contributed by atoms with Gasteiger partial charge in [0.05, 0.1) is 24.1 Å². The van der Waals surface area contributed by atoms with Crippen molar-refractivity contribution in [1.82, 2.24) is 19.9 Å². The number of hydrogen-bond donors (Lipinski definition) is 1. The molecule has 1 aliphatic heterocycles. The van der Waals surface area contributed by atoms with Gasteiger partial charge in [0.25, 0.3) is 5.91 Å². The highest BCUT2D eigenvalue weighted by atomic mass is 32.1. The number of amides is 1. The molecule has 3 aromatic heterocycles. The van der Waals surface area contributed by atoms with Crippen molar-refractivity contribution in [3.63, 3.8) is 0 Å². The van der Waals surface area contributed by atoms with Crippen LogP contribution < -0.4 is 10.1 Å². The molecule has 0 bridgehead atoms. The molecule has 1 aromatic carbocycles. The van der Waals surface area contributed by atoms with Gasteiger partial charge in [-0.15, -0.1) is 11.3 Å². The number of nitrogens with one attached hydrogen (secondary N) is 1. The summed E-state index contributed by atoms with van der Waals surface area (Å²) in [5.41, 5.74) is 5.95. The lowest BCUT2D eigenvalue weighted by molar-refractivity contribution is 0.0639. The number of rotatable bonds is 6. The van der Waals surface area contributed by atoms with Crippen LogP contribution in [0.5, 0.6) is 5.75 Å². The zero-order chi connectivity index (χ0) is 23.7. The smallest absolute Gasteiger partial charge is 0.255 e. The molecule has 4 aromatic rings. The normalized spacial score (nSPS) is 15.4. The second-order valence-corrected chi connectivity index (χ2v) is 9.12. The number of aryl methyl sites for hydroxylation is 1. The van der Waals surface area contributed by atoms with Crippen molar-refractivity contribution in [3.8, 4) is 33.4 Å². The second-order valence-electron chi connectivity index (χ2n) is 8.26. The average molecular weight is 475 g/mol. The summed E-state index contributed by atoms with van der Waals surface area (Å²) in [4.78, 5) is 22.4. The summed E-state index contributed by atoms with van der Waals surface area (Å²) in [5, 5.41) is 5.92. The van der Waals surface area contributed by atoms with E-state index in [1.54, 1.807) is 18.4 Å². The van der Waals surface area contributed by atoms with E-state index in [0.717, 1.165) is 57.6 Å². The predicted molar refractivity (Wildman–Crippen MR) is 133 cm³/mol. The van der Waals surface area contributed by atoms with Crippen molar-refractivity contribution in [2.45, 2.75) is 32.9 Å². The Morgan fingerprint density at radius 3 is 2.71 bits per heavy atom. The number of methoxy groups -OCH3 is 1. The second kappa shape index (κ2) is 9.40. The molecule has 1 amide bonds. The van der Waals surface area contributed by atoms with Crippen LogP contribution in [0.2, 0.25) is 0 Å². The first-order valence-electron chi connectivity index (χ1n) is 11.2.